The number of benzene rings is 1. The van der Waals surface area contributed by atoms with Gasteiger partial charge in [0, 0.05) is 11.6 Å². The minimum Gasteiger partial charge on any atom is -0.504 e. The molecule has 0 aromatic heterocycles. The molecule has 148 valence electrons. The number of rotatable bonds is 7. The highest BCUT2D eigenvalue weighted by Crippen LogP contribution is 2.49. The summed E-state index contributed by atoms with van der Waals surface area (Å²) in [5.74, 6) is 0.375. The molecule has 2 aliphatic rings. The van der Waals surface area contributed by atoms with Crippen LogP contribution in [0.5, 0.6) is 11.5 Å². The van der Waals surface area contributed by atoms with Crippen LogP contribution in [0.1, 0.15) is 45.1 Å². The third-order valence-electron chi connectivity index (χ3n) is 5.81. The van der Waals surface area contributed by atoms with E-state index in [0.717, 1.165) is 25.5 Å². The normalized spacial score (nSPS) is 25.7. The van der Waals surface area contributed by atoms with E-state index in [9.17, 15) is 14.3 Å². The van der Waals surface area contributed by atoms with Crippen molar-refractivity contribution in [2.75, 3.05) is 13.9 Å². The smallest absolute Gasteiger partial charge is 0.189 e. The van der Waals surface area contributed by atoms with Crippen LogP contribution in [0.15, 0.2) is 23.5 Å². The van der Waals surface area contributed by atoms with Gasteiger partial charge in [0.15, 0.2) is 18.3 Å². The Labute approximate surface area is 159 Å². The predicted octanol–water partition coefficient (Wildman–Crippen LogP) is 4.12. The number of allylic oxidation sites excluding steroid dienone is 1. The molecule has 0 bridgehead atoms. The second-order valence-corrected chi connectivity index (χ2v) is 7.55. The maximum Gasteiger partial charge on any atom is 0.189 e. The van der Waals surface area contributed by atoms with Gasteiger partial charge in [-0.25, -0.2) is 4.39 Å². The van der Waals surface area contributed by atoms with E-state index in [0.29, 0.717) is 35.7 Å². The van der Waals surface area contributed by atoms with E-state index in [1.54, 1.807) is 0 Å². The molecule has 1 N–H and O–H groups in total. The van der Waals surface area contributed by atoms with Gasteiger partial charge in [-0.05, 0) is 42.7 Å². The fourth-order valence-electron chi connectivity index (χ4n) is 4.48. The number of carbonyl (C=O) groups is 1. The molecular formula is C21H27FO5. The number of hydrogen-bond donors (Lipinski definition) is 1. The van der Waals surface area contributed by atoms with Crippen molar-refractivity contribution in [2.24, 2.45) is 11.8 Å². The maximum atomic E-state index is 14.5. The molecule has 1 unspecified atom stereocenters. The lowest BCUT2D eigenvalue weighted by Crippen LogP contribution is -2.44. The van der Waals surface area contributed by atoms with Crippen molar-refractivity contribution in [3.05, 3.63) is 34.8 Å². The first-order chi connectivity index (χ1) is 12.9. The van der Waals surface area contributed by atoms with Crippen LogP contribution < -0.4 is 4.74 Å². The Morgan fingerprint density at radius 1 is 1.48 bits per heavy atom. The van der Waals surface area contributed by atoms with Crippen molar-refractivity contribution < 1.29 is 28.5 Å². The van der Waals surface area contributed by atoms with Gasteiger partial charge in [0.1, 0.15) is 23.5 Å². The van der Waals surface area contributed by atoms with Crippen LogP contribution in [0.4, 0.5) is 4.39 Å². The molecule has 3 rings (SSSR count). The summed E-state index contributed by atoms with van der Waals surface area (Å²) in [6.45, 7) is 4.20. The predicted molar refractivity (Wildman–Crippen MR) is 98.0 cm³/mol. The number of phenols is 1. The van der Waals surface area contributed by atoms with Crippen LogP contribution in [-0.2, 0) is 20.7 Å². The summed E-state index contributed by atoms with van der Waals surface area (Å²) in [6.07, 6.45) is 4.69. The molecule has 1 aromatic carbocycles. The molecule has 5 nitrogen and oxygen atoms in total. The first-order valence-corrected chi connectivity index (χ1v) is 9.46. The third-order valence-corrected chi connectivity index (χ3v) is 5.81. The van der Waals surface area contributed by atoms with Crippen molar-refractivity contribution in [3.63, 3.8) is 0 Å². The van der Waals surface area contributed by atoms with Crippen LogP contribution in [0.3, 0.4) is 0 Å². The molecule has 1 fully saturated rings. The zero-order valence-corrected chi connectivity index (χ0v) is 16.1. The van der Waals surface area contributed by atoms with Crippen LogP contribution >= 0.6 is 0 Å². The summed E-state index contributed by atoms with van der Waals surface area (Å²) in [7, 11) is 1.38. The number of phenolic OH excluding ortho intramolecular Hbond substituents is 1. The summed E-state index contributed by atoms with van der Waals surface area (Å²) in [4.78, 5) is 11.6. The second-order valence-electron chi connectivity index (χ2n) is 7.55. The monoisotopic (exact) mass is 378 g/mol. The highest BCUT2D eigenvalue weighted by molar-refractivity contribution is 5.75. The van der Waals surface area contributed by atoms with Crippen molar-refractivity contribution in [3.8, 4) is 11.5 Å². The van der Waals surface area contributed by atoms with E-state index in [1.165, 1.54) is 19.2 Å². The minimum atomic E-state index is -0.726. The molecule has 1 aromatic rings. The molecule has 3 atom stereocenters. The molecule has 0 amide bonds. The van der Waals surface area contributed by atoms with Crippen LogP contribution in [0.25, 0.3) is 0 Å². The average molecular weight is 378 g/mol. The van der Waals surface area contributed by atoms with Gasteiger partial charge in [-0.15, -0.1) is 0 Å². The summed E-state index contributed by atoms with van der Waals surface area (Å²) in [6, 6.07) is 2.59. The van der Waals surface area contributed by atoms with E-state index >= 15 is 0 Å². The minimum absolute atomic E-state index is 0.0981. The van der Waals surface area contributed by atoms with Gasteiger partial charge in [0.05, 0.1) is 7.11 Å². The zero-order valence-electron chi connectivity index (χ0n) is 16.1. The van der Waals surface area contributed by atoms with Crippen LogP contribution in [0.2, 0.25) is 0 Å². The second kappa shape index (κ2) is 7.89. The van der Waals surface area contributed by atoms with E-state index in [-0.39, 0.29) is 24.2 Å². The summed E-state index contributed by atoms with van der Waals surface area (Å²) < 4.78 is 31.2. The number of methoxy groups -OCH3 is 1. The Bertz CT molecular complexity index is 744. The van der Waals surface area contributed by atoms with Crippen molar-refractivity contribution in [1.29, 1.82) is 0 Å². The van der Waals surface area contributed by atoms with Gasteiger partial charge in [-0.2, -0.15) is 0 Å². The largest absolute Gasteiger partial charge is 0.504 e. The van der Waals surface area contributed by atoms with Crippen LogP contribution in [-0.4, -0.2) is 30.9 Å². The lowest BCUT2D eigenvalue weighted by molar-refractivity contribution is -0.106. The number of ether oxygens (including phenoxy) is 3. The Morgan fingerprint density at radius 2 is 2.26 bits per heavy atom. The lowest BCUT2D eigenvalue weighted by Gasteiger charge is -2.40. The molecule has 0 spiro atoms. The van der Waals surface area contributed by atoms with Gasteiger partial charge in [0.25, 0.3) is 0 Å². The Balaban J connectivity index is 1.93. The summed E-state index contributed by atoms with van der Waals surface area (Å²) in [5.41, 5.74) is 0.313. The molecule has 27 heavy (non-hydrogen) atoms. The Kier molecular flexibility index (Phi) is 5.75. The van der Waals surface area contributed by atoms with E-state index < -0.39 is 11.4 Å². The number of aldehydes is 1. The zero-order chi connectivity index (χ0) is 19.6. The molecule has 1 aliphatic heterocycles. The van der Waals surface area contributed by atoms with E-state index in [1.807, 2.05) is 6.92 Å². The van der Waals surface area contributed by atoms with Gasteiger partial charge >= 0.3 is 0 Å². The quantitative estimate of drug-likeness (QED) is 0.723. The number of fused-ring (bicyclic) bond motifs is 1. The Hall–Kier alpha value is -2.08. The highest BCUT2D eigenvalue weighted by Gasteiger charge is 2.52. The van der Waals surface area contributed by atoms with Gasteiger partial charge < -0.3 is 19.3 Å². The maximum absolute atomic E-state index is 14.5. The van der Waals surface area contributed by atoms with Gasteiger partial charge in [-0.3, -0.25) is 4.79 Å². The first-order valence-electron chi connectivity index (χ1n) is 9.46. The molecule has 0 saturated carbocycles. The highest BCUT2D eigenvalue weighted by atomic mass is 19.1. The van der Waals surface area contributed by atoms with Gasteiger partial charge in [-0.1, -0.05) is 26.7 Å². The fraction of sp³-hybridized carbons (Fsp3) is 0.571. The summed E-state index contributed by atoms with van der Waals surface area (Å²) in [5, 5.41) is 10.0. The molecule has 0 radical (unpaired) electrons. The van der Waals surface area contributed by atoms with E-state index in [4.69, 9.17) is 14.2 Å². The first kappa shape index (κ1) is 19.7. The SMILES string of the molecule is CCC[C@@H]1CC(C=O)=C2OCO[C@@]2(C(C)Cc2cc(O)c(OC)cc2F)C1. The fourth-order valence-corrected chi connectivity index (χ4v) is 4.48. The van der Waals surface area contributed by atoms with E-state index in [2.05, 4.69) is 6.92 Å². The number of halogens is 1. The molecule has 6 heteroatoms. The summed E-state index contributed by atoms with van der Waals surface area (Å²) >= 11 is 0. The number of hydrogen-bond acceptors (Lipinski definition) is 5. The van der Waals surface area contributed by atoms with Crippen molar-refractivity contribution in [1.82, 2.24) is 0 Å². The molecule has 1 aliphatic carbocycles. The average Bonchev–Trinajstić information content (AvgIpc) is 3.09. The van der Waals surface area contributed by atoms with Crippen LogP contribution in [0, 0.1) is 17.7 Å². The topological polar surface area (TPSA) is 65.0 Å². The number of aromatic hydroxyl groups is 1. The lowest BCUT2D eigenvalue weighted by atomic mass is 9.69. The Morgan fingerprint density at radius 3 is 2.93 bits per heavy atom. The van der Waals surface area contributed by atoms with Crippen molar-refractivity contribution in [2.45, 2.75) is 51.6 Å². The number of carbonyl (C=O) groups excluding carboxylic acids is 1. The standard InChI is InChI=1S/C21H27FO5/c1-4-5-14-7-16(11-23)20-21(10-14,27-12-26-20)13(2)6-15-8-18(24)19(25-3)9-17(15)22/h8-9,11,13-14,24H,4-7,10,12H2,1-3H3/t13?,14-,21-/m1/s1. The van der Waals surface area contributed by atoms with Gasteiger partial charge in [0.2, 0.25) is 0 Å². The van der Waals surface area contributed by atoms with Crippen molar-refractivity contribution >= 4 is 6.29 Å². The molecule has 1 saturated heterocycles. The molecule has 1 heterocycles. The molecular weight excluding hydrogens is 351 g/mol. The third kappa shape index (κ3) is 3.55.